The van der Waals surface area contributed by atoms with Gasteiger partial charge in [-0.2, -0.15) is 10.3 Å². The van der Waals surface area contributed by atoms with Crippen molar-refractivity contribution in [3.63, 3.8) is 0 Å². The van der Waals surface area contributed by atoms with Gasteiger partial charge in [0.05, 0.1) is 42.7 Å². The highest BCUT2D eigenvalue weighted by Gasteiger charge is 2.69. The van der Waals surface area contributed by atoms with Gasteiger partial charge < -0.3 is 4.74 Å². The molecule has 0 radical (unpaired) electrons. The minimum absolute atomic E-state index is 0.175. The molecule has 2 aromatic carbocycles. The molecule has 0 aromatic heterocycles. The summed E-state index contributed by atoms with van der Waals surface area (Å²) in [6, 6.07) is 20.2. The van der Waals surface area contributed by atoms with Crippen LogP contribution in [0.1, 0.15) is 43.4 Å². The fourth-order valence-electron chi connectivity index (χ4n) is 5.19. The Labute approximate surface area is 171 Å². The van der Waals surface area contributed by atoms with Gasteiger partial charge in [0.1, 0.15) is 0 Å². The molecule has 1 saturated heterocycles. The van der Waals surface area contributed by atoms with Crippen LogP contribution in [0.3, 0.4) is 0 Å². The number of fused-ring (bicyclic) bond motifs is 3. The first kappa shape index (κ1) is 19.6. The molecule has 0 amide bonds. The number of ether oxygens (including phenoxy) is 1. The van der Waals surface area contributed by atoms with Gasteiger partial charge in [0, 0.05) is 0 Å². The molecular weight excluding hydrogens is 364 g/mol. The van der Waals surface area contributed by atoms with Crippen molar-refractivity contribution in [3.8, 4) is 6.07 Å². The molecule has 0 N–H and O–H groups in total. The highest BCUT2D eigenvalue weighted by molar-refractivity contribution is 5.82. The van der Waals surface area contributed by atoms with Crippen LogP contribution >= 0.6 is 0 Å². The summed E-state index contributed by atoms with van der Waals surface area (Å²) in [6.07, 6.45) is 1.44. The van der Waals surface area contributed by atoms with Crippen LogP contribution in [0.2, 0.25) is 0 Å². The average molecular weight is 390 g/mol. The molecule has 1 heterocycles. The lowest BCUT2D eigenvalue weighted by Gasteiger charge is -2.41. The molecule has 1 aliphatic carbocycles. The molecule has 5 heteroatoms. The zero-order valence-corrected chi connectivity index (χ0v) is 16.9. The number of esters is 1. The summed E-state index contributed by atoms with van der Waals surface area (Å²) in [5.74, 6) is -0.201. The molecule has 4 rings (SSSR count). The van der Waals surface area contributed by atoms with Gasteiger partial charge in [-0.3, -0.25) is 9.63 Å². The Kier molecular flexibility index (Phi) is 5.16. The molecule has 0 saturated carbocycles. The maximum absolute atomic E-state index is 13.3. The second-order valence-corrected chi connectivity index (χ2v) is 8.01. The van der Waals surface area contributed by atoms with Gasteiger partial charge >= 0.3 is 5.97 Å². The summed E-state index contributed by atoms with van der Waals surface area (Å²) in [7, 11) is 0. The first-order valence-corrected chi connectivity index (χ1v) is 10.2. The van der Waals surface area contributed by atoms with E-state index in [1.165, 1.54) is 0 Å². The summed E-state index contributed by atoms with van der Waals surface area (Å²) in [4.78, 5) is 19.7. The predicted molar refractivity (Wildman–Crippen MR) is 108 cm³/mol. The van der Waals surface area contributed by atoms with Crippen molar-refractivity contribution in [1.82, 2.24) is 5.06 Å². The molecule has 2 aliphatic rings. The fraction of sp³-hybridized carbons (Fsp3) is 0.417. The molecule has 3 atom stereocenters. The van der Waals surface area contributed by atoms with Crippen molar-refractivity contribution < 1.29 is 14.4 Å². The van der Waals surface area contributed by atoms with Crippen LogP contribution in [-0.2, 0) is 32.9 Å². The van der Waals surface area contributed by atoms with E-state index in [0.717, 1.165) is 16.7 Å². The van der Waals surface area contributed by atoms with Crippen molar-refractivity contribution in [2.45, 2.75) is 51.3 Å². The number of carbonyl (C=O) groups is 1. The smallest absolute Gasteiger partial charge is 0.314 e. The van der Waals surface area contributed by atoms with Gasteiger partial charge in [-0.1, -0.05) is 54.6 Å². The standard InChI is InChI=1S/C24H26N2O3/c1-3-28-22(27)24-15-19-11-7-8-12-21(19)23(24,2)26(20(16-24)13-14-25)29-17-18-9-5-4-6-10-18/h4-12,20H,3,13,15-17H2,1-2H3/t20?,23-,24-/m0/s1. The van der Waals surface area contributed by atoms with Crippen molar-refractivity contribution in [2.24, 2.45) is 5.41 Å². The number of benzene rings is 2. The second-order valence-electron chi connectivity index (χ2n) is 8.01. The molecule has 1 unspecified atom stereocenters. The second kappa shape index (κ2) is 7.62. The molecule has 1 aliphatic heterocycles. The number of nitriles is 1. The van der Waals surface area contributed by atoms with Gasteiger partial charge in [-0.05, 0) is 43.4 Å². The van der Waals surface area contributed by atoms with Crippen LogP contribution in [0.25, 0.3) is 0 Å². The lowest BCUT2D eigenvalue weighted by molar-refractivity contribution is -0.246. The Hall–Kier alpha value is -2.68. The highest BCUT2D eigenvalue weighted by Crippen LogP contribution is 2.62. The number of hydroxylamine groups is 2. The molecule has 5 nitrogen and oxygen atoms in total. The van der Waals surface area contributed by atoms with E-state index in [9.17, 15) is 10.1 Å². The lowest BCUT2D eigenvalue weighted by atomic mass is 9.71. The van der Waals surface area contributed by atoms with E-state index in [4.69, 9.17) is 9.57 Å². The molecule has 2 aromatic rings. The molecule has 0 spiro atoms. The number of rotatable bonds is 6. The monoisotopic (exact) mass is 390 g/mol. The van der Waals surface area contributed by atoms with Crippen molar-refractivity contribution in [1.29, 1.82) is 5.26 Å². The largest absolute Gasteiger partial charge is 0.465 e. The van der Waals surface area contributed by atoms with Gasteiger partial charge in [0.15, 0.2) is 0 Å². The third-order valence-electron chi connectivity index (χ3n) is 6.53. The minimum Gasteiger partial charge on any atom is -0.465 e. The first-order valence-electron chi connectivity index (χ1n) is 10.2. The van der Waals surface area contributed by atoms with E-state index >= 15 is 0 Å². The van der Waals surface area contributed by atoms with Crippen LogP contribution in [0.5, 0.6) is 0 Å². The van der Waals surface area contributed by atoms with Crippen LogP contribution in [0, 0.1) is 16.7 Å². The van der Waals surface area contributed by atoms with Gasteiger partial charge in [0.25, 0.3) is 0 Å². The summed E-state index contributed by atoms with van der Waals surface area (Å²) in [5.41, 5.74) is 1.83. The van der Waals surface area contributed by atoms with E-state index in [0.29, 0.717) is 32.5 Å². The lowest BCUT2D eigenvalue weighted by Crippen LogP contribution is -2.51. The number of carbonyl (C=O) groups excluding carboxylic acids is 1. The molecule has 29 heavy (non-hydrogen) atoms. The van der Waals surface area contributed by atoms with E-state index in [1.54, 1.807) is 0 Å². The minimum atomic E-state index is -0.759. The summed E-state index contributed by atoms with van der Waals surface area (Å²) in [6.45, 7) is 4.62. The SMILES string of the molecule is CCOC(=O)[C@@]12Cc3ccccc3[C@]1(C)N(OCc1ccccc1)C(CC#N)C2. The number of hydrogen-bond donors (Lipinski definition) is 0. The molecule has 1 fully saturated rings. The fourth-order valence-corrected chi connectivity index (χ4v) is 5.19. The third-order valence-corrected chi connectivity index (χ3v) is 6.53. The average Bonchev–Trinajstić information content (AvgIpc) is 3.12. The Morgan fingerprint density at radius 2 is 1.93 bits per heavy atom. The highest BCUT2D eigenvalue weighted by atomic mass is 16.7. The van der Waals surface area contributed by atoms with Gasteiger partial charge in [0.2, 0.25) is 0 Å². The predicted octanol–water partition coefficient (Wildman–Crippen LogP) is 4.13. The van der Waals surface area contributed by atoms with E-state index < -0.39 is 11.0 Å². The summed E-state index contributed by atoms with van der Waals surface area (Å²) < 4.78 is 5.56. The van der Waals surface area contributed by atoms with Crippen molar-refractivity contribution >= 4 is 5.97 Å². The zero-order chi connectivity index (χ0) is 20.5. The zero-order valence-electron chi connectivity index (χ0n) is 16.9. The summed E-state index contributed by atoms with van der Waals surface area (Å²) >= 11 is 0. The van der Waals surface area contributed by atoms with Crippen LogP contribution in [-0.4, -0.2) is 23.7 Å². The van der Waals surface area contributed by atoms with Gasteiger partial charge in [-0.15, -0.1) is 0 Å². The Morgan fingerprint density at radius 3 is 2.66 bits per heavy atom. The number of hydrogen-bond acceptors (Lipinski definition) is 5. The van der Waals surface area contributed by atoms with E-state index in [-0.39, 0.29) is 12.0 Å². The van der Waals surface area contributed by atoms with Crippen LogP contribution < -0.4 is 0 Å². The normalized spacial score (nSPS) is 27.8. The Morgan fingerprint density at radius 1 is 1.21 bits per heavy atom. The molecule has 150 valence electrons. The number of nitrogens with zero attached hydrogens (tertiary/aromatic N) is 2. The maximum Gasteiger partial charge on any atom is 0.314 e. The molecule has 0 bridgehead atoms. The Bertz CT molecular complexity index is 939. The first-order chi connectivity index (χ1) is 14.1. The Balaban J connectivity index is 1.77. The van der Waals surface area contributed by atoms with Crippen molar-refractivity contribution in [2.75, 3.05) is 6.61 Å². The van der Waals surface area contributed by atoms with Crippen LogP contribution in [0.15, 0.2) is 54.6 Å². The quantitative estimate of drug-likeness (QED) is 0.694. The van der Waals surface area contributed by atoms with Gasteiger partial charge in [-0.25, -0.2) is 0 Å². The van der Waals surface area contributed by atoms with Crippen LogP contribution in [0.4, 0.5) is 0 Å². The topological polar surface area (TPSA) is 62.6 Å². The van der Waals surface area contributed by atoms with Crippen molar-refractivity contribution in [3.05, 3.63) is 71.3 Å². The summed E-state index contributed by atoms with van der Waals surface area (Å²) in [5, 5.41) is 11.4. The molecular formula is C24H26N2O3. The maximum atomic E-state index is 13.3. The van der Waals surface area contributed by atoms with E-state index in [2.05, 4.69) is 25.1 Å². The third kappa shape index (κ3) is 2.95. The van der Waals surface area contributed by atoms with E-state index in [1.807, 2.05) is 54.5 Å².